The highest BCUT2D eigenvalue weighted by Crippen LogP contribution is 2.34. The Hall–Kier alpha value is -1.95. The van der Waals surface area contributed by atoms with Crippen molar-refractivity contribution in [3.63, 3.8) is 0 Å². The van der Waals surface area contributed by atoms with Gasteiger partial charge in [-0.1, -0.05) is 29.8 Å². The number of aliphatic hydroxyl groups excluding tert-OH is 1. The van der Waals surface area contributed by atoms with Gasteiger partial charge in [0.1, 0.15) is 5.82 Å². The number of amides is 1. The van der Waals surface area contributed by atoms with Gasteiger partial charge in [-0.3, -0.25) is 10.1 Å². The van der Waals surface area contributed by atoms with Gasteiger partial charge in [0.2, 0.25) is 0 Å². The summed E-state index contributed by atoms with van der Waals surface area (Å²) in [6.45, 7) is 0. The molecule has 2 atom stereocenters. The molecule has 0 radical (unpaired) electrons. The SMILES string of the molecule is O=C1Nc2ccc(Cl)cc2C(c2ccccc2F)NC1O. The fraction of sp³-hybridized carbons (Fsp3) is 0.133. The van der Waals surface area contributed by atoms with Crippen molar-refractivity contribution in [2.75, 3.05) is 5.32 Å². The number of hydrogen-bond donors (Lipinski definition) is 3. The van der Waals surface area contributed by atoms with E-state index < -0.39 is 24.0 Å². The highest BCUT2D eigenvalue weighted by molar-refractivity contribution is 6.30. The lowest BCUT2D eigenvalue weighted by Crippen LogP contribution is -2.40. The van der Waals surface area contributed by atoms with Gasteiger partial charge in [0.05, 0.1) is 6.04 Å². The minimum Gasteiger partial charge on any atom is -0.370 e. The summed E-state index contributed by atoms with van der Waals surface area (Å²) in [6.07, 6.45) is -1.44. The predicted octanol–water partition coefficient (Wildman–Crippen LogP) is 2.43. The van der Waals surface area contributed by atoms with E-state index in [0.717, 1.165) is 0 Å². The summed E-state index contributed by atoms with van der Waals surface area (Å²) in [5.41, 5.74) is 1.41. The van der Waals surface area contributed by atoms with Crippen molar-refractivity contribution in [1.29, 1.82) is 0 Å². The highest BCUT2D eigenvalue weighted by Gasteiger charge is 2.30. The van der Waals surface area contributed by atoms with Crippen molar-refractivity contribution in [3.05, 3.63) is 64.4 Å². The van der Waals surface area contributed by atoms with Crippen LogP contribution in [0.4, 0.5) is 10.1 Å². The topological polar surface area (TPSA) is 61.4 Å². The molecule has 6 heteroatoms. The molecule has 1 aliphatic rings. The number of rotatable bonds is 1. The molecule has 0 aliphatic carbocycles. The first-order chi connectivity index (χ1) is 10.1. The maximum atomic E-state index is 14.1. The molecular weight excluding hydrogens is 295 g/mol. The summed E-state index contributed by atoms with van der Waals surface area (Å²) in [5, 5.41) is 15.6. The molecule has 0 fully saturated rings. The number of hydrogen-bond acceptors (Lipinski definition) is 3. The number of anilines is 1. The van der Waals surface area contributed by atoms with E-state index >= 15 is 0 Å². The lowest BCUT2D eigenvalue weighted by Gasteiger charge is -2.20. The van der Waals surface area contributed by atoms with E-state index in [1.807, 2.05) is 0 Å². The van der Waals surface area contributed by atoms with Crippen LogP contribution in [-0.4, -0.2) is 17.2 Å². The van der Waals surface area contributed by atoms with Crippen LogP contribution in [0.25, 0.3) is 0 Å². The molecule has 2 unspecified atom stereocenters. The molecule has 21 heavy (non-hydrogen) atoms. The Labute approximate surface area is 125 Å². The van der Waals surface area contributed by atoms with Crippen LogP contribution in [0.1, 0.15) is 17.2 Å². The smallest absolute Gasteiger partial charge is 0.268 e. The third-order valence-electron chi connectivity index (χ3n) is 3.37. The molecule has 0 spiro atoms. The van der Waals surface area contributed by atoms with E-state index in [4.69, 9.17) is 11.6 Å². The predicted molar refractivity (Wildman–Crippen MR) is 77.5 cm³/mol. The lowest BCUT2D eigenvalue weighted by molar-refractivity contribution is -0.125. The summed E-state index contributed by atoms with van der Waals surface area (Å²) in [5.74, 6) is -1.03. The van der Waals surface area contributed by atoms with Crippen LogP contribution in [-0.2, 0) is 4.79 Å². The maximum absolute atomic E-state index is 14.1. The van der Waals surface area contributed by atoms with E-state index in [1.165, 1.54) is 6.07 Å². The van der Waals surface area contributed by atoms with Crippen molar-refractivity contribution in [1.82, 2.24) is 5.32 Å². The van der Waals surface area contributed by atoms with Gasteiger partial charge in [-0.2, -0.15) is 0 Å². The fourth-order valence-corrected chi connectivity index (χ4v) is 2.56. The first kappa shape index (κ1) is 14.0. The molecule has 0 bridgehead atoms. The van der Waals surface area contributed by atoms with E-state index in [9.17, 15) is 14.3 Å². The monoisotopic (exact) mass is 306 g/mol. The van der Waals surface area contributed by atoms with Gasteiger partial charge >= 0.3 is 0 Å². The zero-order valence-electron chi connectivity index (χ0n) is 10.8. The molecule has 2 aromatic rings. The first-order valence-electron chi connectivity index (χ1n) is 6.35. The van der Waals surface area contributed by atoms with Crippen LogP contribution < -0.4 is 10.6 Å². The number of halogens is 2. The van der Waals surface area contributed by atoms with E-state index in [-0.39, 0.29) is 0 Å². The Balaban J connectivity index is 2.17. The van der Waals surface area contributed by atoms with Crippen LogP contribution in [0.2, 0.25) is 5.02 Å². The first-order valence-corrected chi connectivity index (χ1v) is 6.73. The van der Waals surface area contributed by atoms with Gasteiger partial charge in [-0.15, -0.1) is 0 Å². The van der Waals surface area contributed by atoms with Gasteiger partial charge in [0.15, 0.2) is 6.23 Å². The lowest BCUT2D eigenvalue weighted by atomic mass is 9.97. The normalized spacial score (nSPS) is 21.4. The summed E-state index contributed by atoms with van der Waals surface area (Å²) in [7, 11) is 0. The molecule has 4 nitrogen and oxygen atoms in total. The molecule has 108 valence electrons. The van der Waals surface area contributed by atoms with Crippen LogP contribution in [0.15, 0.2) is 42.5 Å². The Morgan fingerprint density at radius 3 is 2.67 bits per heavy atom. The summed E-state index contributed by atoms with van der Waals surface area (Å²) < 4.78 is 14.1. The Kier molecular flexibility index (Phi) is 3.63. The molecule has 0 saturated carbocycles. The van der Waals surface area contributed by atoms with E-state index in [1.54, 1.807) is 36.4 Å². The number of carbonyl (C=O) groups is 1. The van der Waals surface area contributed by atoms with E-state index in [0.29, 0.717) is 21.8 Å². The van der Waals surface area contributed by atoms with Crippen molar-refractivity contribution in [3.8, 4) is 0 Å². The molecule has 3 rings (SSSR count). The molecule has 0 aromatic heterocycles. The third-order valence-corrected chi connectivity index (χ3v) is 3.61. The Morgan fingerprint density at radius 2 is 1.90 bits per heavy atom. The second-order valence-electron chi connectivity index (χ2n) is 4.74. The number of fused-ring (bicyclic) bond motifs is 1. The van der Waals surface area contributed by atoms with Crippen LogP contribution in [0.3, 0.4) is 0 Å². The largest absolute Gasteiger partial charge is 0.370 e. The number of benzene rings is 2. The Bertz CT molecular complexity index is 708. The maximum Gasteiger partial charge on any atom is 0.268 e. The van der Waals surface area contributed by atoms with Gasteiger partial charge in [-0.25, -0.2) is 4.39 Å². The van der Waals surface area contributed by atoms with Crippen molar-refractivity contribution in [2.24, 2.45) is 0 Å². The minimum atomic E-state index is -1.44. The molecule has 1 amide bonds. The van der Waals surface area contributed by atoms with Crippen molar-refractivity contribution < 1.29 is 14.3 Å². The standard InChI is InChI=1S/C15H12ClFN2O2/c16-8-5-6-12-10(7-8)13(19-15(21)14(20)18-12)9-3-1-2-4-11(9)17/h1-7,13,15,19,21H,(H,18,20). The average Bonchev–Trinajstić information content (AvgIpc) is 2.58. The van der Waals surface area contributed by atoms with Crippen LogP contribution in [0, 0.1) is 5.82 Å². The number of nitrogens with one attached hydrogen (secondary N) is 2. The van der Waals surface area contributed by atoms with Gasteiger partial charge < -0.3 is 10.4 Å². The molecule has 1 heterocycles. The molecular formula is C15H12ClFN2O2. The third kappa shape index (κ3) is 2.63. The van der Waals surface area contributed by atoms with E-state index in [2.05, 4.69) is 10.6 Å². The molecule has 3 N–H and O–H groups in total. The van der Waals surface area contributed by atoms with Crippen molar-refractivity contribution >= 4 is 23.2 Å². The minimum absolute atomic E-state index is 0.330. The van der Waals surface area contributed by atoms with Gasteiger partial charge in [-0.05, 0) is 29.8 Å². The molecule has 2 aromatic carbocycles. The van der Waals surface area contributed by atoms with Crippen molar-refractivity contribution in [2.45, 2.75) is 12.3 Å². The summed E-state index contributed by atoms with van der Waals surface area (Å²) >= 11 is 6.00. The quantitative estimate of drug-likeness (QED) is 0.758. The zero-order valence-corrected chi connectivity index (χ0v) is 11.6. The fourth-order valence-electron chi connectivity index (χ4n) is 2.38. The van der Waals surface area contributed by atoms with Gasteiger partial charge in [0, 0.05) is 16.3 Å². The number of carbonyl (C=O) groups excluding carboxylic acids is 1. The summed E-state index contributed by atoms with van der Waals surface area (Å²) in [6, 6.07) is 10.4. The molecule has 1 aliphatic heterocycles. The second-order valence-corrected chi connectivity index (χ2v) is 5.18. The average molecular weight is 307 g/mol. The second kappa shape index (κ2) is 5.44. The van der Waals surface area contributed by atoms with Gasteiger partial charge in [0.25, 0.3) is 5.91 Å². The Morgan fingerprint density at radius 1 is 1.14 bits per heavy atom. The number of aliphatic hydroxyl groups is 1. The highest BCUT2D eigenvalue weighted by atomic mass is 35.5. The van der Waals surface area contributed by atoms with Crippen LogP contribution in [0.5, 0.6) is 0 Å². The zero-order chi connectivity index (χ0) is 15.0. The summed E-state index contributed by atoms with van der Waals surface area (Å²) in [4.78, 5) is 11.8. The molecule has 0 saturated heterocycles. The van der Waals surface area contributed by atoms with Crippen LogP contribution >= 0.6 is 11.6 Å².